The highest BCUT2D eigenvalue weighted by molar-refractivity contribution is 5.91. The van der Waals surface area contributed by atoms with Gasteiger partial charge in [0, 0.05) is 18.7 Å². The van der Waals surface area contributed by atoms with Crippen molar-refractivity contribution in [3.8, 4) is 22.9 Å². The summed E-state index contributed by atoms with van der Waals surface area (Å²) in [6.45, 7) is 1.20. The fraction of sp³-hybridized carbons (Fsp3) is 0.318. The average Bonchev–Trinajstić information content (AvgIpc) is 3.30. The summed E-state index contributed by atoms with van der Waals surface area (Å²) >= 11 is 0. The van der Waals surface area contributed by atoms with Gasteiger partial charge in [-0.25, -0.2) is 4.79 Å². The van der Waals surface area contributed by atoms with E-state index in [0.29, 0.717) is 36.2 Å². The number of ether oxygens (including phenoxy) is 2. The van der Waals surface area contributed by atoms with Crippen LogP contribution in [0.25, 0.3) is 11.4 Å². The number of para-hydroxylation sites is 2. The molecule has 1 aliphatic rings. The smallest absolute Gasteiger partial charge is 0.321 e. The van der Waals surface area contributed by atoms with Gasteiger partial charge in [-0.15, -0.1) is 0 Å². The number of rotatable bonds is 5. The van der Waals surface area contributed by atoms with Crippen LogP contribution in [0.4, 0.5) is 10.5 Å². The SMILES string of the molecule is COc1ccc(-c2noc([C@@H]3CCCN(C(=O)Nc4ccccc4OC)C3)n2)cc1. The number of hydrogen-bond donors (Lipinski definition) is 1. The van der Waals surface area contributed by atoms with E-state index in [1.54, 1.807) is 19.1 Å². The third kappa shape index (κ3) is 4.22. The molecule has 4 rings (SSSR count). The quantitative estimate of drug-likeness (QED) is 0.682. The molecule has 8 nitrogen and oxygen atoms in total. The van der Waals surface area contributed by atoms with Crippen LogP contribution >= 0.6 is 0 Å². The summed E-state index contributed by atoms with van der Waals surface area (Å²) in [5.41, 5.74) is 1.50. The van der Waals surface area contributed by atoms with Crippen LogP contribution in [0.5, 0.6) is 11.5 Å². The molecule has 0 spiro atoms. The molecule has 1 saturated heterocycles. The van der Waals surface area contributed by atoms with E-state index in [2.05, 4.69) is 15.5 Å². The summed E-state index contributed by atoms with van der Waals surface area (Å²) in [7, 11) is 3.21. The Morgan fingerprint density at radius 2 is 1.93 bits per heavy atom. The van der Waals surface area contributed by atoms with Crippen molar-refractivity contribution in [3.05, 3.63) is 54.4 Å². The van der Waals surface area contributed by atoms with Gasteiger partial charge in [-0.05, 0) is 49.2 Å². The Balaban J connectivity index is 1.43. The molecule has 156 valence electrons. The second-order valence-corrected chi connectivity index (χ2v) is 7.10. The van der Waals surface area contributed by atoms with Crippen molar-refractivity contribution in [2.24, 2.45) is 0 Å². The third-order valence-electron chi connectivity index (χ3n) is 5.20. The number of carbonyl (C=O) groups excluding carboxylic acids is 1. The predicted octanol–water partition coefficient (Wildman–Crippen LogP) is 4.17. The summed E-state index contributed by atoms with van der Waals surface area (Å²) in [5, 5.41) is 7.04. The molecule has 30 heavy (non-hydrogen) atoms. The van der Waals surface area contributed by atoms with Crippen molar-refractivity contribution < 1.29 is 18.8 Å². The van der Waals surface area contributed by atoms with Crippen LogP contribution in [0.2, 0.25) is 0 Å². The largest absolute Gasteiger partial charge is 0.497 e. The minimum atomic E-state index is -0.168. The maximum Gasteiger partial charge on any atom is 0.321 e. The summed E-state index contributed by atoms with van der Waals surface area (Å²) in [6, 6.07) is 14.7. The lowest BCUT2D eigenvalue weighted by atomic mass is 9.98. The van der Waals surface area contributed by atoms with Gasteiger partial charge in [-0.1, -0.05) is 17.3 Å². The van der Waals surface area contributed by atoms with E-state index >= 15 is 0 Å². The van der Waals surface area contributed by atoms with E-state index in [1.165, 1.54) is 0 Å². The summed E-state index contributed by atoms with van der Waals surface area (Å²) in [6.07, 6.45) is 1.76. The molecule has 2 aromatic carbocycles. The summed E-state index contributed by atoms with van der Waals surface area (Å²) in [5.74, 6) is 2.48. The number of benzene rings is 2. The van der Waals surface area contributed by atoms with Gasteiger partial charge in [-0.2, -0.15) is 4.98 Å². The van der Waals surface area contributed by atoms with E-state index in [4.69, 9.17) is 14.0 Å². The average molecular weight is 408 g/mol. The van der Waals surface area contributed by atoms with E-state index in [0.717, 1.165) is 24.2 Å². The lowest BCUT2D eigenvalue weighted by molar-refractivity contribution is 0.184. The number of anilines is 1. The first-order chi connectivity index (χ1) is 14.7. The molecular weight excluding hydrogens is 384 g/mol. The van der Waals surface area contributed by atoms with Crippen LogP contribution < -0.4 is 14.8 Å². The molecule has 1 aliphatic heterocycles. The maximum atomic E-state index is 12.8. The Kier molecular flexibility index (Phi) is 5.83. The number of amides is 2. The minimum absolute atomic E-state index is 0.00154. The Hall–Kier alpha value is -3.55. The van der Waals surface area contributed by atoms with Crippen LogP contribution in [-0.4, -0.2) is 48.4 Å². The normalized spacial score (nSPS) is 16.2. The third-order valence-corrected chi connectivity index (χ3v) is 5.20. The Morgan fingerprint density at radius 3 is 2.70 bits per heavy atom. The molecule has 0 unspecified atom stereocenters. The predicted molar refractivity (Wildman–Crippen MR) is 112 cm³/mol. The van der Waals surface area contributed by atoms with Crippen molar-refractivity contribution >= 4 is 11.7 Å². The molecule has 0 bridgehead atoms. The van der Waals surface area contributed by atoms with Gasteiger partial charge in [0.25, 0.3) is 0 Å². The lowest BCUT2D eigenvalue weighted by Gasteiger charge is -2.31. The van der Waals surface area contributed by atoms with Crippen LogP contribution in [-0.2, 0) is 0 Å². The number of hydrogen-bond acceptors (Lipinski definition) is 6. The number of piperidine rings is 1. The van der Waals surface area contributed by atoms with Gasteiger partial charge in [0.05, 0.1) is 25.8 Å². The number of aromatic nitrogens is 2. The first-order valence-corrected chi connectivity index (χ1v) is 9.85. The molecule has 0 saturated carbocycles. The Bertz CT molecular complexity index is 1000. The highest BCUT2D eigenvalue weighted by Crippen LogP contribution is 2.29. The summed E-state index contributed by atoms with van der Waals surface area (Å²) in [4.78, 5) is 19.1. The van der Waals surface area contributed by atoms with Crippen molar-refractivity contribution in [2.75, 3.05) is 32.6 Å². The van der Waals surface area contributed by atoms with E-state index < -0.39 is 0 Å². The van der Waals surface area contributed by atoms with E-state index in [9.17, 15) is 4.79 Å². The zero-order chi connectivity index (χ0) is 20.9. The molecule has 0 radical (unpaired) electrons. The van der Waals surface area contributed by atoms with Gasteiger partial charge in [0.1, 0.15) is 11.5 Å². The number of nitrogens with zero attached hydrogens (tertiary/aromatic N) is 3. The zero-order valence-corrected chi connectivity index (χ0v) is 17.0. The second-order valence-electron chi connectivity index (χ2n) is 7.10. The fourth-order valence-corrected chi connectivity index (χ4v) is 3.56. The molecule has 1 aromatic heterocycles. The van der Waals surface area contributed by atoms with Crippen molar-refractivity contribution in [1.82, 2.24) is 15.0 Å². The number of urea groups is 1. The summed E-state index contributed by atoms with van der Waals surface area (Å²) < 4.78 is 16.0. The topological polar surface area (TPSA) is 89.7 Å². The first kappa shape index (κ1) is 19.8. The molecule has 1 atom stereocenters. The monoisotopic (exact) mass is 408 g/mol. The Labute approximate surface area is 174 Å². The molecule has 2 amide bonds. The molecule has 1 fully saturated rings. The lowest BCUT2D eigenvalue weighted by Crippen LogP contribution is -2.41. The van der Waals surface area contributed by atoms with Gasteiger partial charge in [0.2, 0.25) is 11.7 Å². The van der Waals surface area contributed by atoms with Crippen molar-refractivity contribution in [2.45, 2.75) is 18.8 Å². The minimum Gasteiger partial charge on any atom is -0.497 e. The van der Waals surface area contributed by atoms with Gasteiger partial charge < -0.3 is 24.2 Å². The van der Waals surface area contributed by atoms with Gasteiger partial charge in [-0.3, -0.25) is 0 Å². The maximum absolute atomic E-state index is 12.8. The number of likely N-dealkylation sites (tertiary alicyclic amines) is 1. The first-order valence-electron chi connectivity index (χ1n) is 9.85. The molecule has 3 aromatic rings. The van der Waals surface area contributed by atoms with Crippen LogP contribution in [0, 0.1) is 0 Å². The van der Waals surface area contributed by atoms with Crippen molar-refractivity contribution in [3.63, 3.8) is 0 Å². The standard InChI is InChI=1S/C22H24N4O4/c1-28-17-11-9-15(10-12-17)20-24-21(30-25-20)16-6-5-13-26(14-16)22(27)23-18-7-3-4-8-19(18)29-2/h3-4,7-12,16H,5-6,13-14H2,1-2H3,(H,23,27)/t16-/m1/s1. The van der Waals surface area contributed by atoms with Gasteiger partial charge >= 0.3 is 6.03 Å². The highest BCUT2D eigenvalue weighted by Gasteiger charge is 2.29. The van der Waals surface area contributed by atoms with Crippen LogP contribution in [0.3, 0.4) is 0 Å². The molecule has 2 heterocycles. The molecule has 0 aliphatic carbocycles. The van der Waals surface area contributed by atoms with Crippen LogP contribution in [0.1, 0.15) is 24.7 Å². The Morgan fingerprint density at radius 1 is 1.13 bits per heavy atom. The number of nitrogens with one attached hydrogen (secondary N) is 1. The highest BCUT2D eigenvalue weighted by atomic mass is 16.5. The molecule has 8 heteroatoms. The fourth-order valence-electron chi connectivity index (χ4n) is 3.56. The number of methoxy groups -OCH3 is 2. The molecule has 1 N–H and O–H groups in total. The van der Waals surface area contributed by atoms with Gasteiger partial charge in [0.15, 0.2) is 0 Å². The van der Waals surface area contributed by atoms with Crippen LogP contribution in [0.15, 0.2) is 53.1 Å². The van der Waals surface area contributed by atoms with E-state index in [1.807, 2.05) is 48.5 Å². The van der Waals surface area contributed by atoms with Crippen molar-refractivity contribution in [1.29, 1.82) is 0 Å². The molecular formula is C22H24N4O4. The second kappa shape index (κ2) is 8.86. The zero-order valence-electron chi connectivity index (χ0n) is 17.0. The number of carbonyl (C=O) groups is 1. The van der Waals surface area contributed by atoms with E-state index in [-0.39, 0.29) is 11.9 Å².